The fourth-order valence-electron chi connectivity index (χ4n) is 2.80. The number of nitrogens with one attached hydrogen (secondary N) is 2. The number of nitro benzene ring substituents is 1. The molecule has 2 N–H and O–H groups in total. The summed E-state index contributed by atoms with van der Waals surface area (Å²) < 4.78 is 6.32. The molecule has 0 bridgehead atoms. The maximum absolute atomic E-state index is 13.1. The van der Waals surface area contributed by atoms with Crippen LogP contribution in [0.4, 0.5) is 11.4 Å². The fraction of sp³-hybridized carbons (Fsp3) is 0.0435. The van der Waals surface area contributed by atoms with Gasteiger partial charge in [0.1, 0.15) is 11.4 Å². The van der Waals surface area contributed by atoms with Crippen LogP contribution in [0.5, 0.6) is 5.75 Å². The normalized spacial score (nSPS) is 10.9. The molecular formula is C23H17Br2N3O5. The number of nitrogens with zero attached hydrogens (tertiary/aromatic N) is 1. The Balaban J connectivity index is 1.98. The number of hydrogen-bond donors (Lipinski definition) is 2. The molecule has 0 aromatic heterocycles. The van der Waals surface area contributed by atoms with Crippen LogP contribution in [-0.4, -0.2) is 23.8 Å². The van der Waals surface area contributed by atoms with Gasteiger partial charge in [-0.05, 0) is 73.8 Å². The van der Waals surface area contributed by atoms with Gasteiger partial charge in [0, 0.05) is 21.1 Å². The number of ether oxygens (including phenoxy) is 1. The van der Waals surface area contributed by atoms with E-state index in [1.807, 2.05) is 0 Å². The van der Waals surface area contributed by atoms with E-state index >= 15 is 0 Å². The first-order valence-corrected chi connectivity index (χ1v) is 11.0. The number of carbonyl (C=O) groups excluding carboxylic acids is 2. The summed E-state index contributed by atoms with van der Waals surface area (Å²) in [4.78, 5) is 36.7. The molecule has 0 aliphatic rings. The standard InChI is InChI=1S/C23H17Br2N3O5/c1-33-16-9-10-18(24)17(13-16)22(29)27-21(12-14-5-4-6-15(11-14)28(31)32)23(30)26-20-8-3-2-7-19(20)25/h2-13H,1H3,(H,26,30)(H,27,29)/b21-12+. The third-order valence-electron chi connectivity index (χ3n) is 4.43. The number of benzene rings is 3. The summed E-state index contributed by atoms with van der Waals surface area (Å²) >= 11 is 6.69. The van der Waals surface area contributed by atoms with Gasteiger partial charge < -0.3 is 15.4 Å². The van der Waals surface area contributed by atoms with Crippen molar-refractivity contribution in [2.45, 2.75) is 0 Å². The van der Waals surface area contributed by atoms with E-state index in [1.165, 1.54) is 37.5 Å². The predicted octanol–water partition coefficient (Wildman–Crippen LogP) is 5.54. The minimum atomic E-state index is -0.610. The van der Waals surface area contributed by atoms with Crippen molar-refractivity contribution in [3.8, 4) is 5.75 Å². The highest BCUT2D eigenvalue weighted by Gasteiger charge is 2.18. The number of halogens is 2. The average Bonchev–Trinajstić information content (AvgIpc) is 2.80. The first-order valence-electron chi connectivity index (χ1n) is 9.45. The summed E-state index contributed by atoms with van der Waals surface area (Å²) in [5.41, 5.74) is 0.853. The molecule has 2 amide bonds. The van der Waals surface area contributed by atoms with Gasteiger partial charge in [0.05, 0.1) is 23.3 Å². The van der Waals surface area contributed by atoms with Crippen LogP contribution in [0.3, 0.4) is 0 Å². The summed E-state index contributed by atoms with van der Waals surface area (Å²) in [6.07, 6.45) is 1.37. The molecule has 0 unspecified atom stereocenters. The zero-order valence-electron chi connectivity index (χ0n) is 17.2. The van der Waals surface area contributed by atoms with Crippen molar-refractivity contribution < 1.29 is 19.2 Å². The first kappa shape index (κ1) is 24.1. The second-order valence-electron chi connectivity index (χ2n) is 6.64. The lowest BCUT2D eigenvalue weighted by Gasteiger charge is -2.13. The number of anilines is 1. The molecule has 0 spiro atoms. The van der Waals surface area contributed by atoms with Crippen LogP contribution in [0.15, 0.2) is 81.4 Å². The first-order chi connectivity index (χ1) is 15.8. The molecule has 168 valence electrons. The second-order valence-corrected chi connectivity index (χ2v) is 8.35. The smallest absolute Gasteiger partial charge is 0.272 e. The van der Waals surface area contributed by atoms with Crippen LogP contribution in [-0.2, 0) is 4.79 Å². The van der Waals surface area contributed by atoms with E-state index in [1.54, 1.807) is 42.5 Å². The van der Waals surface area contributed by atoms with Crippen molar-refractivity contribution in [2.75, 3.05) is 12.4 Å². The molecule has 0 radical (unpaired) electrons. The molecule has 0 saturated heterocycles. The minimum absolute atomic E-state index is 0.106. The van der Waals surface area contributed by atoms with E-state index in [9.17, 15) is 19.7 Å². The van der Waals surface area contributed by atoms with Crippen molar-refractivity contribution in [1.29, 1.82) is 0 Å². The molecule has 0 heterocycles. The van der Waals surface area contributed by atoms with Crippen molar-refractivity contribution >= 4 is 61.1 Å². The molecular weight excluding hydrogens is 558 g/mol. The number of hydrogen-bond acceptors (Lipinski definition) is 5. The molecule has 10 heteroatoms. The predicted molar refractivity (Wildman–Crippen MR) is 132 cm³/mol. The Morgan fingerprint density at radius 3 is 2.45 bits per heavy atom. The van der Waals surface area contributed by atoms with Crippen molar-refractivity contribution in [2.24, 2.45) is 0 Å². The molecule has 0 saturated carbocycles. The maximum Gasteiger partial charge on any atom is 0.272 e. The molecule has 33 heavy (non-hydrogen) atoms. The molecule has 3 aromatic carbocycles. The highest BCUT2D eigenvalue weighted by molar-refractivity contribution is 9.11. The lowest BCUT2D eigenvalue weighted by atomic mass is 10.1. The quantitative estimate of drug-likeness (QED) is 0.219. The SMILES string of the molecule is COc1ccc(Br)c(C(=O)N/C(=C/c2cccc([N+](=O)[O-])c2)C(=O)Nc2ccccc2Br)c1. The van der Waals surface area contributed by atoms with Crippen molar-refractivity contribution in [1.82, 2.24) is 5.32 Å². The molecule has 0 aliphatic heterocycles. The highest BCUT2D eigenvalue weighted by atomic mass is 79.9. The lowest BCUT2D eigenvalue weighted by molar-refractivity contribution is -0.384. The van der Waals surface area contributed by atoms with Gasteiger partial charge in [-0.2, -0.15) is 0 Å². The largest absolute Gasteiger partial charge is 0.497 e. The third-order valence-corrected chi connectivity index (χ3v) is 5.81. The van der Waals surface area contributed by atoms with Crippen LogP contribution >= 0.6 is 31.9 Å². The van der Waals surface area contributed by atoms with Crippen LogP contribution in [0.25, 0.3) is 6.08 Å². The lowest BCUT2D eigenvalue weighted by Crippen LogP contribution is -2.31. The van der Waals surface area contributed by atoms with Gasteiger partial charge in [-0.15, -0.1) is 0 Å². The molecule has 3 rings (SSSR count). The van der Waals surface area contributed by atoms with E-state index in [0.717, 1.165) is 0 Å². The van der Waals surface area contributed by atoms with Crippen molar-refractivity contribution in [3.05, 3.63) is 103 Å². The van der Waals surface area contributed by atoms with Crippen molar-refractivity contribution in [3.63, 3.8) is 0 Å². The van der Waals surface area contributed by atoms with Gasteiger partial charge >= 0.3 is 0 Å². The number of carbonyl (C=O) groups is 2. The Morgan fingerprint density at radius 1 is 1.00 bits per heavy atom. The third kappa shape index (κ3) is 6.27. The number of methoxy groups -OCH3 is 1. The van der Waals surface area contributed by atoms with E-state index in [2.05, 4.69) is 42.5 Å². The van der Waals surface area contributed by atoms with Gasteiger partial charge in [0.15, 0.2) is 0 Å². The number of amides is 2. The molecule has 0 atom stereocenters. The zero-order chi connectivity index (χ0) is 24.0. The van der Waals surface area contributed by atoms with Gasteiger partial charge in [0.25, 0.3) is 17.5 Å². The number of nitro groups is 1. The maximum atomic E-state index is 13.1. The van der Waals surface area contributed by atoms with Crippen LogP contribution in [0, 0.1) is 10.1 Å². The van der Waals surface area contributed by atoms with Crippen LogP contribution < -0.4 is 15.4 Å². The Morgan fingerprint density at radius 2 is 1.76 bits per heavy atom. The van der Waals surface area contributed by atoms with E-state index in [0.29, 0.717) is 25.9 Å². The number of non-ortho nitro benzene ring substituents is 1. The molecule has 0 fully saturated rings. The van der Waals surface area contributed by atoms with E-state index < -0.39 is 16.7 Å². The average molecular weight is 575 g/mol. The highest BCUT2D eigenvalue weighted by Crippen LogP contribution is 2.24. The minimum Gasteiger partial charge on any atom is -0.497 e. The van der Waals surface area contributed by atoms with Gasteiger partial charge in [-0.1, -0.05) is 24.3 Å². The Labute approximate surface area is 206 Å². The molecule has 0 aliphatic carbocycles. The summed E-state index contributed by atoms with van der Waals surface area (Å²) in [6.45, 7) is 0. The summed E-state index contributed by atoms with van der Waals surface area (Å²) in [7, 11) is 1.48. The van der Waals surface area contributed by atoms with Crippen LogP contribution in [0.1, 0.15) is 15.9 Å². The van der Waals surface area contributed by atoms with E-state index in [-0.39, 0.29) is 16.9 Å². The molecule has 8 nitrogen and oxygen atoms in total. The second kappa shape index (κ2) is 10.9. The summed E-state index contributed by atoms with van der Waals surface area (Å²) in [6, 6.07) is 17.6. The summed E-state index contributed by atoms with van der Waals surface area (Å²) in [5, 5.41) is 16.5. The molecule has 3 aromatic rings. The zero-order valence-corrected chi connectivity index (χ0v) is 20.3. The fourth-order valence-corrected chi connectivity index (χ4v) is 3.61. The van der Waals surface area contributed by atoms with Gasteiger partial charge in [-0.25, -0.2) is 0 Å². The van der Waals surface area contributed by atoms with Gasteiger partial charge in [0.2, 0.25) is 0 Å². The van der Waals surface area contributed by atoms with Gasteiger partial charge in [-0.3, -0.25) is 19.7 Å². The topological polar surface area (TPSA) is 111 Å². The number of para-hydroxylation sites is 1. The Hall–Kier alpha value is -3.50. The number of rotatable bonds is 7. The summed E-state index contributed by atoms with van der Waals surface area (Å²) in [5.74, 6) is -0.717. The van der Waals surface area contributed by atoms with E-state index in [4.69, 9.17) is 4.74 Å². The Kier molecular flexibility index (Phi) is 7.96. The van der Waals surface area contributed by atoms with Crippen LogP contribution in [0.2, 0.25) is 0 Å². The monoisotopic (exact) mass is 573 g/mol. The Bertz CT molecular complexity index is 1260.